The molecule has 0 radical (unpaired) electrons. The molecule has 1 N–H and O–H groups in total. The molecule has 4 aromatic rings. The predicted octanol–water partition coefficient (Wildman–Crippen LogP) is 2.59. The highest BCUT2D eigenvalue weighted by Crippen LogP contribution is 2.25. The van der Waals surface area contributed by atoms with Gasteiger partial charge in [-0.3, -0.25) is 4.79 Å². The number of nitrogens with one attached hydrogen (secondary N) is 1. The van der Waals surface area contributed by atoms with E-state index in [1.807, 2.05) is 28.8 Å². The summed E-state index contributed by atoms with van der Waals surface area (Å²) in [5, 5.41) is 9.70. The van der Waals surface area contributed by atoms with Crippen LogP contribution in [0.5, 0.6) is 0 Å². The van der Waals surface area contributed by atoms with Crippen molar-refractivity contribution in [1.82, 2.24) is 24.7 Å². The summed E-state index contributed by atoms with van der Waals surface area (Å²) in [7, 11) is 1.68. The number of thioether (sulfide) groups is 1. The molecule has 0 fully saturated rings. The fourth-order valence-corrected chi connectivity index (χ4v) is 3.55. The van der Waals surface area contributed by atoms with Crippen molar-refractivity contribution in [3.63, 3.8) is 0 Å². The van der Waals surface area contributed by atoms with Crippen molar-refractivity contribution in [2.45, 2.75) is 23.9 Å². The maximum absolute atomic E-state index is 12.3. The third-order valence-corrected chi connectivity index (χ3v) is 4.94. The molecule has 134 valence electrons. The molecular formula is C17H17N5O3S. The first kappa shape index (κ1) is 16.8. The summed E-state index contributed by atoms with van der Waals surface area (Å²) in [5.74, 6) is 1.05. The molecule has 0 aliphatic carbocycles. The Morgan fingerprint density at radius 3 is 3.12 bits per heavy atom. The Hall–Kier alpha value is -2.65. The third-order valence-electron chi connectivity index (χ3n) is 3.95. The molecule has 8 nitrogen and oxygen atoms in total. The van der Waals surface area contributed by atoms with Gasteiger partial charge in [-0.25, -0.2) is 4.98 Å². The van der Waals surface area contributed by atoms with Gasteiger partial charge in [-0.2, -0.15) is 0 Å². The summed E-state index contributed by atoms with van der Waals surface area (Å²) in [6, 6.07) is 7.49. The molecule has 4 rings (SSSR count). The topological polar surface area (TPSA) is 98.8 Å². The van der Waals surface area contributed by atoms with Crippen LogP contribution in [0, 0.1) is 0 Å². The van der Waals surface area contributed by atoms with Crippen LogP contribution in [0.25, 0.3) is 22.1 Å². The molecule has 0 saturated heterocycles. The highest BCUT2D eigenvalue weighted by atomic mass is 32.2. The van der Waals surface area contributed by atoms with E-state index >= 15 is 0 Å². The zero-order valence-electron chi connectivity index (χ0n) is 14.1. The monoisotopic (exact) mass is 371 g/mol. The van der Waals surface area contributed by atoms with Crippen LogP contribution in [0.3, 0.4) is 0 Å². The van der Waals surface area contributed by atoms with Crippen molar-refractivity contribution in [1.29, 1.82) is 0 Å². The van der Waals surface area contributed by atoms with Gasteiger partial charge in [-0.05, 0) is 18.6 Å². The van der Waals surface area contributed by atoms with Crippen molar-refractivity contribution in [2.24, 2.45) is 0 Å². The lowest BCUT2D eigenvalue weighted by Crippen LogP contribution is -2.10. The number of furan rings is 1. The van der Waals surface area contributed by atoms with E-state index in [0.717, 1.165) is 23.5 Å². The van der Waals surface area contributed by atoms with Crippen LogP contribution in [-0.4, -0.2) is 38.4 Å². The number of hydrogen-bond donors (Lipinski definition) is 1. The first-order valence-corrected chi connectivity index (χ1v) is 9.15. The van der Waals surface area contributed by atoms with Crippen LogP contribution in [0.1, 0.15) is 12.2 Å². The molecule has 0 amide bonds. The smallest absolute Gasteiger partial charge is 0.294 e. The van der Waals surface area contributed by atoms with Crippen molar-refractivity contribution >= 4 is 33.8 Å². The van der Waals surface area contributed by atoms with Gasteiger partial charge in [0.1, 0.15) is 23.3 Å². The molecule has 0 bridgehead atoms. The number of rotatable bonds is 7. The fraction of sp³-hybridized carbons (Fsp3) is 0.294. The average molecular weight is 371 g/mol. The van der Waals surface area contributed by atoms with E-state index in [2.05, 4.69) is 20.2 Å². The van der Waals surface area contributed by atoms with E-state index in [1.54, 1.807) is 13.4 Å². The van der Waals surface area contributed by atoms with E-state index < -0.39 is 0 Å². The number of benzene rings is 1. The van der Waals surface area contributed by atoms with Crippen molar-refractivity contribution in [2.75, 3.05) is 13.7 Å². The quantitative estimate of drug-likeness (QED) is 0.394. The molecule has 0 aliphatic rings. The number of aromatic amines is 1. The van der Waals surface area contributed by atoms with Crippen LogP contribution in [0.2, 0.25) is 0 Å². The van der Waals surface area contributed by atoms with E-state index in [4.69, 9.17) is 9.15 Å². The predicted molar refractivity (Wildman–Crippen MR) is 98.2 cm³/mol. The number of ether oxygens (including phenoxy) is 1. The number of aryl methyl sites for hydroxylation is 1. The zero-order chi connectivity index (χ0) is 17.9. The first-order chi connectivity index (χ1) is 12.8. The molecule has 26 heavy (non-hydrogen) atoms. The molecule has 3 aromatic heterocycles. The number of aromatic nitrogens is 5. The number of fused-ring (bicyclic) bond motifs is 3. The van der Waals surface area contributed by atoms with Gasteiger partial charge >= 0.3 is 0 Å². The van der Waals surface area contributed by atoms with Gasteiger partial charge in [0.2, 0.25) is 5.58 Å². The first-order valence-electron chi connectivity index (χ1n) is 8.16. The molecule has 3 heterocycles. The molecule has 1 aromatic carbocycles. The van der Waals surface area contributed by atoms with Gasteiger partial charge in [0, 0.05) is 25.6 Å². The molecule has 9 heteroatoms. The van der Waals surface area contributed by atoms with Crippen LogP contribution in [0.15, 0.2) is 45.0 Å². The minimum absolute atomic E-state index is 0.252. The highest BCUT2D eigenvalue weighted by Gasteiger charge is 2.14. The van der Waals surface area contributed by atoms with Crippen molar-refractivity contribution < 1.29 is 9.15 Å². The number of nitrogens with zero attached hydrogens (tertiary/aromatic N) is 4. The Morgan fingerprint density at radius 2 is 2.23 bits per heavy atom. The maximum atomic E-state index is 12.3. The minimum atomic E-state index is -0.275. The van der Waals surface area contributed by atoms with Crippen molar-refractivity contribution in [3.05, 3.63) is 46.8 Å². The standard InChI is InChI=1S/C17H17N5O3S/c1-24-8-4-7-22-10-18-21-17(22)26-9-13-19-14-11-5-2-3-6-12(11)25-15(14)16(23)20-13/h2-3,5-6,10H,4,7-9H2,1H3,(H,19,20,23). The summed E-state index contributed by atoms with van der Waals surface area (Å²) in [5.41, 5.74) is 1.22. The van der Waals surface area contributed by atoms with Gasteiger partial charge in [0.05, 0.1) is 5.75 Å². The van der Waals surface area contributed by atoms with Gasteiger partial charge in [-0.15, -0.1) is 10.2 Å². The second-order valence-electron chi connectivity index (χ2n) is 5.73. The Bertz CT molecular complexity index is 1100. The molecule has 0 saturated carbocycles. The SMILES string of the molecule is COCCCn1cnnc1SCc1nc2c(oc3ccccc32)c(=O)[nH]1. The van der Waals surface area contributed by atoms with E-state index in [9.17, 15) is 4.79 Å². The van der Waals surface area contributed by atoms with Gasteiger partial charge in [0.25, 0.3) is 5.56 Å². The average Bonchev–Trinajstić information content (AvgIpc) is 3.25. The van der Waals surface area contributed by atoms with E-state index in [0.29, 0.717) is 29.3 Å². The van der Waals surface area contributed by atoms with Crippen LogP contribution < -0.4 is 5.56 Å². The molecule has 0 aliphatic heterocycles. The zero-order valence-corrected chi connectivity index (χ0v) is 15.0. The Balaban J connectivity index is 1.57. The summed E-state index contributed by atoms with van der Waals surface area (Å²) in [6.45, 7) is 1.46. The fourth-order valence-electron chi connectivity index (χ4n) is 2.74. The Morgan fingerprint density at radius 1 is 1.35 bits per heavy atom. The highest BCUT2D eigenvalue weighted by molar-refractivity contribution is 7.98. The Kier molecular flexibility index (Phi) is 4.72. The normalized spacial score (nSPS) is 11.6. The second-order valence-corrected chi connectivity index (χ2v) is 6.67. The van der Waals surface area contributed by atoms with Crippen molar-refractivity contribution in [3.8, 4) is 0 Å². The number of hydrogen-bond acceptors (Lipinski definition) is 7. The largest absolute Gasteiger partial charge is 0.449 e. The molecule has 0 atom stereocenters. The Labute approximate surface area is 152 Å². The maximum Gasteiger partial charge on any atom is 0.294 e. The number of methoxy groups -OCH3 is 1. The van der Waals surface area contributed by atoms with Crippen LogP contribution in [-0.2, 0) is 17.0 Å². The molecular weight excluding hydrogens is 354 g/mol. The molecule has 0 unspecified atom stereocenters. The summed E-state index contributed by atoms with van der Waals surface area (Å²) in [6.07, 6.45) is 2.57. The lowest BCUT2D eigenvalue weighted by molar-refractivity contribution is 0.189. The summed E-state index contributed by atoms with van der Waals surface area (Å²) < 4.78 is 12.6. The summed E-state index contributed by atoms with van der Waals surface area (Å²) in [4.78, 5) is 19.7. The van der Waals surface area contributed by atoms with Gasteiger partial charge < -0.3 is 18.7 Å². The van der Waals surface area contributed by atoms with Crippen LogP contribution >= 0.6 is 11.8 Å². The van der Waals surface area contributed by atoms with Gasteiger partial charge in [-0.1, -0.05) is 23.9 Å². The number of H-pyrrole nitrogens is 1. The lowest BCUT2D eigenvalue weighted by atomic mass is 10.2. The lowest BCUT2D eigenvalue weighted by Gasteiger charge is -2.05. The third kappa shape index (κ3) is 3.23. The van der Waals surface area contributed by atoms with Crippen LogP contribution in [0.4, 0.5) is 0 Å². The number of para-hydroxylation sites is 1. The van der Waals surface area contributed by atoms with E-state index in [1.165, 1.54) is 11.8 Å². The van der Waals surface area contributed by atoms with E-state index in [-0.39, 0.29) is 11.1 Å². The van der Waals surface area contributed by atoms with Gasteiger partial charge in [0.15, 0.2) is 5.16 Å². The summed E-state index contributed by atoms with van der Waals surface area (Å²) >= 11 is 1.48. The minimum Gasteiger partial charge on any atom is -0.449 e. The second kappa shape index (κ2) is 7.30. The molecule has 0 spiro atoms.